The predicted molar refractivity (Wildman–Crippen MR) is 174 cm³/mol. The molecule has 204 valence electrons. The van der Waals surface area contributed by atoms with Crippen molar-refractivity contribution >= 4 is 64.6 Å². The van der Waals surface area contributed by atoms with Crippen LogP contribution in [0.5, 0.6) is 23.0 Å². The first-order chi connectivity index (χ1) is 20.6. The zero-order valence-corrected chi connectivity index (χ0v) is 23.3. The normalized spacial score (nSPS) is 11.3. The van der Waals surface area contributed by atoms with Crippen LogP contribution in [0.3, 0.4) is 0 Å². The summed E-state index contributed by atoms with van der Waals surface area (Å²) >= 11 is 0. The quantitative estimate of drug-likeness (QED) is 0.211. The number of benzene rings is 8. The first kappa shape index (κ1) is 25.5. The predicted octanol–water partition coefficient (Wildman–Crippen LogP) is 9.72. The zero-order chi connectivity index (χ0) is 28.8. The molecule has 2 N–H and O–H groups in total. The lowest BCUT2D eigenvalue weighted by Crippen LogP contribution is -1.87. The second-order valence-corrected chi connectivity index (χ2v) is 10.4. The van der Waals surface area contributed by atoms with E-state index in [-0.39, 0.29) is 11.5 Å². The SMILES string of the molecule is COc1ccc2c3ccc(OC)cc3c3ccccc3c2c1.Oc1ccc2c3ccc(O)cc3c3ccccc3c2c1. The average molecular weight is 549 g/mol. The zero-order valence-electron chi connectivity index (χ0n) is 23.3. The summed E-state index contributed by atoms with van der Waals surface area (Å²) in [7, 11) is 3.41. The highest BCUT2D eigenvalue weighted by molar-refractivity contribution is 6.26. The summed E-state index contributed by atoms with van der Waals surface area (Å²) in [5.74, 6) is 2.29. The monoisotopic (exact) mass is 548 g/mol. The molecule has 0 saturated carbocycles. The van der Waals surface area contributed by atoms with Crippen LogP contribution in [-0.2, 0) is 0 Å². The van der Waals surface area contributed by atoms with Crippen molar-refractivity contribution in [2.75, 3.05) is 14.2 Å². The molecule has 0 saturated heterocycles. The summed E-state index contributed by atoms with van der Waals surface area (Å²) in [5.41, 5.74) is 0. The van der Waals surface area contributed by atoms with Crippen molar-refractivity contribution in [2.24, 2.45) is 0 Å². The van der Waals surface area contributed by atoms with Crippen LogP contribution in [0.25, 0.3) is 64.6 Å². The molecule has 0 spiro atoms. The Bertz CT molecular complexity index is 2100. The van der Waals surface area contributed by atoms with Gasteiger partial charge in [-0.1, -0.05) is 72.8 Å². The van der Waals surface area contributed by atoms with E-state index in [2.05, 4.69) is 48.5 Å². The van der Waals surface area contributed by atoms with Gasteiger partial charge in [0.1, 0.15) is 23.0 Å². The summed E-state index contributed by atoms with van der Waals surface area (Å²) in [6.45, 7) is 0. The second-order valence-electron chi connectivity index (χ2n) is 10.4. The number of fused-ring (bicyclic) bond motifs is 12. The maximum Gasteiger partial charge on any atom is 0.119 e. The maximum atomic E-state index is 9.77. The van der Waals surface area contributed by atoms with Crippen molar-refractivity contribution in [3.8, 4) is 23.0 Å². The first-order valence-electron chi connectivity index (χ1n) is 13.8. The van der Waals surface area contributed by atoms with Crippen LogP contribution in [0.2, 0.25) is 0 Å². The summed E-state index contributed by atoms with van der Waals surface area (Å²) < 4.78 is 10.8. The van der Waals surface area contributed by atoms with Gasteiger partial charge in [-0.15, -0.1) is 0 Å². The fourth-order valence-electron chi connectivity index (χ4n) is 6.10. The smallest absolute Gasteiger partial charge is 0.119 e. The Morgan fingerprint density at radius 1 is 0.333 bits per heavy atom. The minimum absolute atomic E-state index is 0.265. The fourth-order valence-corrected chi connectivity index (χ4v) is 6.10. The van der Waals surface area contributed by atoms with E-state index in [4.69, 9.17) is 9.47 Å². The van der Waals surface area contributed by atoms with Crippen molar-refractivity contribution in [3.05, 3.63) is 121 Å². The highest BCUT2D eigenvalue weighted by atomic mass is 16.5. The van der Waals surface area contributed by atoms with Crippen LogP contribution in [0.1, 0.15) is 0 Å². The van der Waals surface area contributed by atoms with Crippen molar-refractivity contribution < 1.29 is 19.7 Å². The molecule has 42 heavy (non-hydrogen) atoms. The molecular formula is C38H28O4. The summed E-state index contributed by atoms with van der Waals surface area (Å²) in [6, 6.07) is 39.9. The van der Waals surface area contributed by atoms with Gasteiger partial charge >= 0.3 is 0 Å². The third-order valence-electron chi connectivity index (χ3n) is 8.05. The number of hydrogen-bond acceptors (Lipinski definition) is 4. The van der Waals surface area contributed by atoms with E-state index in [0.29, 0.717) is 0 Å². The van der Waals surface area contributed by atoms with Gasteiger partial charge in [0, 0.05) is 0 Å². The highest BCUT2D eigenvalue weighted by Gasteiger charge is 2.11. The topological polar surface area (TPSA) is 58.9 Å². The van der Waals surface area contributed by atoms with Crippen LogP contribution in [0.15, 0.2) is 121 Å². The lowest BCUT2D eigenvalue weighted by Gasteiger charge is -2.12. The molecule has 0 atom stereocenters. The van der Waals surface area contributed by atoms with Gasteiger partial charge in [-0.2, -0.15) is 0 Å². The van der Waals surface area contributed by atoms with Gasteiger partial charge in [0.25, 0.3) is 0 Å². The molecule has 0 amide bonds. The van der Waals surface area contributed by atoms with E-state index in [0.717, 1.165) is 43.8 Å². The third-order valence-corrected chi connectivity index (χ3v) is 8.05. The number of ether oxygens (including phenoxy) is 2. The summed E-state index contributed by atoms with van der Waals surface area (Å²) in [4.78, 5) is 0. The molecule has 8 aromatic carbocycles. The van der Waals surface area contributed by atoms with Crippen LogP contribution in [-0.4, -0.2) is 24.4 Å². The van der Waals surface area contributed by atoms with Gasteiger partial charge in [0.05, 0.1) is 14.2 Å². The molecule has 0 aliphatic rings. The Kier molecular flexibility index (Phi) is 6.17. The molecule has 0 heterocycles. The molecular weight excluding hydrogens is 520 g/mol. The van der Waals surface area contributed by atoms with Crippen molar-refractivity contribution in [1.82, 2.24) is 0 Å². The molecule has 0 bridgehead atoms. The molecule has 0 aliphatic heterocycles. The Morgan fingerprint density at radius 2 is 0.619 bits per heavy atom. The Balaban J connectivity index is 0.000000138. The van der Waals surface area contributed by atoms with Gasteiger partial charge in [-0.3, -0.25) is 0 Å². The standard InChI is InChI=1S/C20H16O2.C18H12O2/c1-21-13-7-9-17-18-10-8-14(22-2)12-20(18)16-6-4-3-5-15(16)19(17)11-13;19-11-5-7-15-16-8-6-12(20)10-18(16)14-4-2-1-3-13(14)17(15)9-11/h3-12H,1-2H3;1-10,19-20H. The minimum atomic E-state index is 0.265. The van der Waals surface area contributed by atoms with E-state index >= 15 is 0 Å². The number of rotatable bonds is 2. The van der Waals surface area contributed by atoms with Crippen molar-refractivity contribution in [2.45, 2.75) is 0 Å². The van der Waals surface area contributed by atoms with Gasteiger partial charge < -0.3 is 19.7 Å². The molecule has 8 aromatic rings. The number of aromatic hydroxyl groups is 2. The van der Waals surface area contributed by atoms with Gasteiger partial charge in [-0.25, -0.2) is 0 Å². The summed E-state index contributed by atoms with van der Waals surface area (Å²) in [6.07, 6.45) is 0. The van der Waals surface area contributed by atoms with Gasteiger partial charge in [0.2, 0.25) is 0 Å². The molecule has 8 rings (SSSR count). The summed E-state index contributed by atoms with van der Waals surface area (Å²) in [5, 5.41) is 33.3. The molecule has 4 heteroatoms. The Hall–Kier alpha value is -5.48. The van der Waals surface area contributed by atoms with Gasteiger partial charge in [0.15, 0.2) is 0 Å². The number of hydrogen-bond donors (Lipinski definition) is 2. The third kappa shape index (κ3) is 4.16. The largest absolute Gasteiger partial charge is 0.508 e. The molecule has 0 radical (unpaired) electrons. The Labute approximate surface area is 242 Å². The molecule has 0 unspecified atom stereocenters. The van der Waals surface area contributed by atoms with E-state index in [1.807, 2.05) is 48.5 Å². The van der Waals surface area contributed by atoms with E-state index in [9.17, 15) is 10.2 Å². The van der Waals surface area contributed by atoms with Crippen LogP contribution in [0.4, 0.5) is 0 Å². The van der Waals surface area contributed by atoms with E-state index < -0.39 is 0 Å². The van der Waals surface area contributed by atoms with Crippen molar-refractivity contribution in [1.29, 1.82) is 0 Å². The van der Waals surface area contributed by atoms with E-state index in [1.165, 1.54) is 32.3 Å². The van der Waals surface area contributed by atoms with Crippen molar-refractivity contribution in [3.63, 3.8) is 0 Å². The first-order valence-corrected chi connectivity index (χ1v) is 13.8. The lowest BCUT2D eigenvalue weighted by atomic mass is 9.94. The number of methoxy groups -OCH3 is 2. The Morgan fingerprint density at radius 3 is 0.952 bits per heavy atom. The number of phenolic OH excluding ortho intramolecular Hbond substituents is 2. The highest BCUT2D eigenvalue weighted by Crippen LogP contribution is 2.39. The van der Waals surface area contributed by atoms with Gasteiger partial charge in [-0.05, 0) is 113 Å². The average Bonchev–Trinajstić information content (AvgIpc) is 3.04. The van der Waals surface area contributed by atoms with Crippen LogP contribution < -0.4 is 9.47 Å². The fraction of sp³-hybridized carbons (Fsp3) is 0.0526. The molecule has 0 fully saturated rings. The molecule has 0 aliphatic carbocycles. The van der Waals surface area contributed by atoms with Crippen LogP contribution >= 0.6 is 0 Å². The lowest BCUT2D eigenvalue weighted by molar-refractivity contribution is 0.415. The minimum Gasteiger partial charge on any atom is -0.508 e. The maximum absolute atomic E-state index is 9.77. The number of phenols is 2. The van der Waals surface area contributed by atoms with Crippen LogP contribution in [0, 0.1) is 0 Å². The molecule has 0 aromatic heterocycles. The second kappa shape index (κ2) is 10.2. The van der Waals surface area contributed by atoms with E-state index in [1.54, 1.807) is 38.5 Å². The molecule has 4 nitrogen and oxygen atoms in total.